The maximum Gasteiger partial charge on any atom is 0.0115 e. The van der Waals surface area contributed by atoms with Crippen molar-refractivity contribution in [3.8, 4) is 0 Å². The van der Waals surface area contributed by atoms with Gasteiger partial charge in [0.25, 0.3) is 0 Å². The van der Waals surface area contributed by atoms with Gasteiger partial charge >= 0.3 is 0 Å². The van der Waals surface area contributed by atoms with Crippen molar-refractivity contribution >= 4 is 0 Å². The van der Waals surface area contributed by atoms with Gasteiger partial charge in [-0.05, 0) is 19.9 Å². The van der Waals surface area contributed by atoms with Gasteiger partial charge in [0.1, 0.15) is 0 Å². The zero-order chi connectivity index (χ0) is 9.82. The van der Waals surface area contributed by atoms with Crippen molar-refractivity contribution in [3.63, 3.8) is 0 Å². The lowest BCUT2D eigenvalue weighted by Crippen LogP contribution is -2.08. The lowest BCUT2D eigenvalue weighted by atomic mass is 10.4. The van der Waals surface area contributed by atoms with Gasteiger partial charge in [-0.1, -0.05) is 38.7 Å². The van der Waals surface area contributed by atoms with Crippen LogP contribution >= 0.6 is 0 Å². The molecule has 0 heterocycles. The maximum atomic E-state index is 3.57. The molecule has 0 aliphatic carbocycles. The predicted molar refractivity (Wildman–Crippen MR) is 58.1 cm³/mol. The fourth-order valence-corrected chi connectivity index (χ4v) is 0.616. The first-order valence-corrected chi connectivity index (χ1v) is 4.51. The van der Waals surface area contributed by atoms with Crippen LogP contribution in [0.15, 0.2) is 36.6 Å². The molecule has 0 aliphatic heterocycles. The molecular formula is C11H21N. The third-order valence-corrected chi connectivity index (χ3v) is 1.05. The average molecular weight is 167 g/mol. The number of hydrogen-bond acceptors (Lipinski definition) is 1. The van der Waals surface area contributed by atoms with Crippen molar-refractivity contribution in [1.82, 2.24) is 5.32 Å². The monoisotopic (exact) mass is 167 g/mol. The number of allylic oxidation sites excluding steroid dienone is 5. The van der Waals surface area contributed by atoms with E-state index in [0.29, 0.717) is 0 Å². The molecule has 0 aliphatic rings. The van der Waals surface area contributed by atoms with E-state index in [1.165, 1.54) is 5.70 Å². The van der Waals surface area contributed by atoms with Crippen molar-refractivity contribution in [3.05, 3.63) is 36.6 Å². The van der Waals surface area contributed by atoms with Gasteiger partial charge in [-0.15, -0.1) is 0 Å². The van der Waals surface area contributed by atoms with Gasteiger partial charge in [-0.25, -0.2) is 0 Å². The van der Waals surface area contributed by atoms with Crippen LogP contribution in [0.4, 0.5) is 0 Å². The van der Waals surface area contributed by atoms with Gasteiger partial charge in [-0.2, -0.15) is 0 Å². The molecule has 0 aromatic carbocycles. The van der Waals surface area contributed by atoms with Crippen molar-refractivity contribution < 1.29 is 0 Å². The van der Waals surface area contributed by atoms with E-state index >= 15 is 0 Å². The summed E-state index contributed by atoms with van der Waals surface area (Å²) in [5.74, 6) is 0. The van der Waals surface area contributed by atoms with E-state index in [0.717, 1.165) is 6.54 Å². The maximum absolute atomic E-state index is 3.57. The molecule has 0 bridgehead atoms. The summed E-state index contributed by atoms with van der Waals surface area (Å²) < 4.78 is 0. The molecule has 1 heteroatoms. The van der Waals surface area contributed by atoms with Gasteiger partial charge < -0.3 is 5.32 Å². The first-order chi connectivity index (χ1) is 5.81. The van der Waals surface area contributed by atoms with Crippen LogP contribution in [0.5, 0.6) is 0 Å². The Bertz CT molecular complexity index is 143. The molecule has 0 saturated carbocycles. The number of nitrogens with one attached hydrogen (secondary N) is 1. The molecule has 0 amide bonds. The summed E-state index contributed by atoms with van der Waals surface area (Å²) >= 11 is 0. The lowest BCUT2D eigenvalue weighted by molar-refractivity contribution is 0.854. The Kier molecular flexibility index (Phi) is 14.4. The molecule has 0 unspecified atom stereocenters. The van der Waals surface area contributed by atoms with Gasteiger partial charge in [-0.3, -0.25) is 0 Å². The molecule has 0 fully saturated rings. The summed E-state index contributed by atoms with van der Waals surface area (Å²) in [4.78, 5) is 0. The molecule has 0 rings (SSSR count). The second-order valence-electron chi connectivity index (χ2n) is 2.00. The van der Waals surface area contributed by atoms with Crippen LogP contribution in [-0.2, 0) is 0 Å². The van der Waals surface area contributed by atoms with E-state index in [9.17, 15) is 0 Å². The molecule has 12 heavy (non-hydrogen) atoms. The molecule has 0 saturated heterocycles. The van der Waals surface area contributed by atoms with Crippen LogP contribution in [0.25, 0.3) is 0 Å². The van der Waals surface area contributed by atoms with Crippen molar-refractivity contribution in [1.29, 1.82) is 0 Å². The molecular weight excluding hydrogens is 146 g/mol. The van der Waals surface area contributed by atoms with Gasteiger partial charge in [0.2, 0.25) is 0 Å². The zero-order valence-corrected chi connectivity index (χ0v) is 8.72. The third kappa shape index (κ3) is 11.8. The second-order valence-corrected chi connectivity index (χ2v) is 2.00. The van der Waals surface area contributed by atoms with Crippen LogP contribution in [-0.4, -0.2) is 6.54 Å². The van der Waals surface area contributed by atoms with Crippen molar-refractivity contribution in [2.75, 3.05) is 6.54 Å². The highest BCUT2D eigenvalue weighted by molar-refractivity contribution is 5.12. The summed E-state index contributed by atoms with van der Waals surface area (Å²) in [5, 5.41) is 3.18. The Hall–Kier alpha value is -0.980. The lowest BCUT2D eigenvalue weighted by Gasteiger charge is -1.98. The first kappa shape index (κ1) is 13.6. The minimum atomic E-state index is 0.976. The molecule has 70 valence electrons. The predicted octanol–water partition coefficient (Wildman–Crippen LogP) is 3.27. The van der Waals surface area contributed by atoms with Gasteiger partial charge in [0, 0.05) is 12.2 Å². The molecule has 1 nitrogen and oxygen atoms in total. The fraction of sp³-hybridized carbons (Fsp3) is 0.455. The summed E-state index contributed by atoms with van der Waals surface area (Å²) in [7, 11) is 0. The van der Waals surface area contributed by atoms with Crippen LogP contribution in [0.3, 0.4) is 0 Å². The Labute approximate surface area is 76.9 Å². The van der Waals surface area contributed by atoms with Crippen LogP contribution < -0.4 is 5.32 Å². The Balaban J connectivity index is 0. The van der Waals surface area contributed by atoms with E-state index in [2.05, 4.69) is 18.8 Å². The second kappa shape index (κ2) is 12.7. The molecule has 0 radical (unpaired) electrons. The highest BCUT2D eigenvalue weighted by Gasteiger charge is 1.77. The van der Waals surface area contributed by atoms with E-state index in [1.54, 1.807) is 6.08 Å². The molecule has 0 spiro atoms. The average Bonchev–Trinajstić information content (AvgIpc) is 2.09. The topological polar surface area (TPSA) is 12.0 Å². The molecule has 0 aromatic rings. The molecule has 0 atom stereocenters. The Morgan fingerprint density at radius 2 is 1.92 bits per heavy atom. The van der Waals surface area contributed by atoms with Gasteiger partial charge in [0.05, 0.1) is 0 Å². The largest absolute Gasteiger partial charge is 0.389 e. The summed E-state index contributed by atoms with van der Waals surface area (Å²) in [6.45, 7) is 12.7. The summed E-state index contributed by atoms with van der Waals surface area (Å²) in [6.07, 6.45) is 7.65. The Morgan fingerprint density at radius 1 is 1.33 bits per heavy atom. The smallest absolute Gasteiger partial charge is 0.0115 e. The van der Waals surface area contributed by atoms with Crippen molar-refractivity contribution in [2.45, 2.75) is 27.7 Å². The zero-order valence-electron chi connectivity index (χ0n) is 8.72. The Morgan fingerprint density at radius 3 is 2.33 bits per heavy atom. The highest BCUT2D eigenvalue weighted by atomic mass is 14.8. The number of hydrogen-bond donors (Lipinski definition) is 1. The van der Waals surface area contributed by atoms with Crippen LogP contribution in [0.2, 0.25) is 0 Å². The van der Waals surface area contributed by atoms with Gasteiger partial charge in [0.15, 0.2) is 0 Å². The molecule has 0 aromatic heterocycles. The standard InChI is InChI=1S/C9H15N.C2H6/c1-4-6-7-8-9(3)10-5-2;1-2/h4,6-8,10H,1,5H2,2-3H3;1-2H3/b7-6-,9-8+;. The van der Waals surface area contributed by atoms with Crippen LogP contribution in [0.1, 0.15) is 27.7 Å². The quantitative estimate of drug-likeness (QED) is 0.634. The summed E-state index contributed by atoms with van der Waals surface area (Å²) in [6, 6.07) is 0. The van der Waals surface area contributed by atoms with E-state index in [1.807, 2.05) is 39.0 Å². The van der Waals surface area contributed by atoms with Crippen molar-refractivity contribution in [2.24, 2.45) is 0 Å². The minimum absolute atomic E-state index is 0.976. The van der Waals surface area contributed by atoms with E-state index in [4.69, 9.17) is 0 Å². The minimum Gasteiger partial charge on any atom is -0.389 e. The third-order valence-electron chi connectivity index (χ3n) is 1.05. The van der Waals surface area contributed by atoms with Crippen LogP contribution in [0, 0.1) is 0 Å². The molecule has 1 N–H and O–H groups in total. The fourth-order valence-electron chi connectivity index (χ4n) is 0.616. The summed E-state index contributed by atoms with van der Waals surface area (Å²) in [5.41, 5.74) is 1.18. The highest BCUT2D eigenvalue weighted by Crippen LogP contribution is 1.86. The number of rotatable bonds is 4. The normalized spacial score (nSPS) is 10.5. The first-order valence-electron chi connectivity index (χ1n) is 4.51. The van der Waals surface area contributed by atoms with E-state index < -0.39 is 0 Å². The van der Waals surface area contributed by atoms with E-state index in [-0.39, 0.29) is 0 Å². The SMILES string of the molecule is C=C/C=C\C=C(/C)NCC.CC.